The smallest absolute Gasteiger partial charge is 0.138 e. The van der Waals surface area contributed by atoms with Crippen LogP contribution in [0.2, 0.25) is 0 Å². The number of halogens is 3. The number of hydrogen-bond donors (Lipinski definition) is 2. The number of alkyl halides is 2. The van der Waals surface area contributed by atoms with E-state index < -0.39 is 0 Å². The molecule has 0 unspecified atom stereocenters. The highest BCUT2D eigenvalue weighted by atomic mass is 35.5. The summed E-state index contributed by atoms with van der Waals surface area (Å²) in [4.78, 5) is 23.9. The van der Waals surface area contributed by atoms with Gasteiger partial charge < -0.3 is 30.1 Å². The maximum atomic E-state index is 5.96. The quantitative estimate of drug-likeness (QED) is 0.174. The molecule has 5 aromatic rings. The minimum atomic E-state index is 0. The molecule has 0 aliphatic carbocycles. The summed E-state index contributed by atoms with van der Waals surface area (Å²) < 4.78 is 0. The Bertz CT molecular complexity index is 1590. The number of rotatable bonds is 11. The Kier molecular flexibility index (Phi) is 11.6. The van der Waals surface area contributed by atoms with Crippen LogP contribution in [0.5, 0.6) is 0 Å². The van der Waals surface area contributed by atoms with Gasteiger partial charge in [-0.25, -0.2) is 9.97 Å². The third kappa shape index (κ3) is 7.75. The molecule has 0 amide bonds. The second-order valence-electron chi connectivity index (χ2n) is 10.9. The van der Waals surface area contributed by atoms with Crippen LogP contribution in [-0.4, -0.2) is 88.4 Å². The average molecular weight is 645 g/mol. The van der Waals surface area contributed by atoms with Crippen molar-refractivity contribution in [3.63, 3.8) is 0 Å². The second kappa shape index (κ2) is 15.1. The molecule has 1 aliphatic heterocycles. The molecule has 3 aromatic carbocycles. The molecule has 0 atom stereocenters. The van der Waals surface area contributed by atoms with Crippen molar-refractivity contribution in [3.05, 3.63) is 72.1 Å². The highest BCUT2D eigenvalue weighted by Crippen LogP contribution is 2.27. The molecule has 4 N–H and O–H groups in total. The zero-order chi connectivity index (χ0) is 28.2. The van der Waals surface area contributed by atoms with Gasteiger partial charge in [-0.3, -0.25) is 0 Å². The van der Waals surface area contributed by atoms with E-state index in [1.165, 1.54) is 16.9 Å². The van der Waals surface area contributed by atoms with Crippen molar-refractivity contribution in [1.29, 1.82) is 0 Å². The van der Waals surface area contributed by atoms with Gasteiger partial charge in [0.2, 0.25) is 0 Å². The van der Waals surface area contributed by atoms with Gasteiger partial charge in [-0.2, -0.15) is 0 Å². The van der Waals surface area contributed by atoms with Crippen molar-refractivity contribution in [2.24, 2.45) is 0 Å². The predicted molar refractivity (Wildman–Crippen MR) is 184 cm³/mol. The zero-order valence-electron chi connectivity index (χ0n) is 24.5. The Morgan fingerprint density at radius 1 is 0.791 bits per heavy atom. The molecule has 0 spiro atoms. The summed E-state index contributed by atoms with van der Waals surface area (Å²) in [5.74, 6) is 3.08. The van der Waals surface area contributed by atoms with Crippen molar-refractivity contribution in [1.82, 2.24) is 24.8 Å². The van der Waals surface area contributed by atoms with Gasteiger partial charge in [-0.1, -0.05) is 12.1 Å². The summed E-state index contributed by atoms with van der Waals surface area (Å²) in [7, 11) is 2.18. The SMILES string of the molecule is CN1CCN(c2ccc3nc(-c4ccc5nc(CCCc6ccc(N(CCCl)CCCl)cc6)[nH]c5c4)[nH]c3c2)CC1.Cl.O. The number of piperazine rings is 1. The van der Waals surface area contributed by atoms with Gasteiger partial charge in [-0.05, 0) is 74.0 Å². The lowest BCUT2D eigenvalue weighted by atomic mass is 10.1. The number of aromatic nitrogens is 4. The van der Waals surface area contributed by atoms with E-state index >= 15 is 0 Å². The first kappa shape index (κ1) is 32.9. The Morgan fingerprint density at radius 3 is 2.19 bits per heavy atom. The first-order valence-corrected chi connectivity index (χ1v) is 15.5. The van der Waals surface area contributed by atoms with Crippen LogP contribution < -0.4 is 9.80 Å². The standard InChI is InChI=1S/C32H37Cl2N7.ClH.H2O/c1-39-17-19-41(20-18-39)26-10-12-28-30(22-26)38-32(37-28)24-7-11-27-29(21-24)36-31(35-27)4-2-3-23-5-8-25(9-6-23)40(15-13-33)16-14-34;;/h5-12,21-22H,2-4,13-20H2,1H3,(H,35,36)(H,37,38);1H;1H2. The average Bonchev–Trinajstić information content (AvgIpc) is 3.61. The van der Waals surface area contributed by atoms with Crippen molar-refractivity contribution >= 4 is 69.1 Å². The highest BCUT2D eigenvalue weighted by molar-refractivity contribution is 6.18. The van der Waals surface area contributed by atoms with Crippen LogP contribution in [-0.2, 0) is 12.8 Å². The van der Waals surface area contributed by atoms with E-state index in [0.29, 0.717) is 11.8 Å². The van der Waals surface area contributed by atoms with Gasteiger partial charge in [-0.15, -0.1) is 35.6 Å². The fourth-order valence-corrected chi connectivity index (χ4v) is 6.04. The van der Waals surface area contributed by atoms with Crippen LogP contribution in [0.3, 0.4) is 0 Å². The number of nitrogens with one attached hydrogen (secondary N) is 2. The van der Waals surface area contributed by atoms with Crippen LogP contribution in [0.1, 0.15) is 17.8 Å². The van der Waals surface area contributed by atoms with Gasteiger partial charge in [0.15, 0.2) is 0 Å². The van der Waals surface area contributed by atoms with Gasteiger partial charge in [0, 0.05) is 74.4 Å². The number of hydrogen-bond acceptors (Lipinski definition) is 5. The first-order chi connectivity index (χ1) is 20.1. The molecule has 0 radical (unpaired) electrons. The predicted octanol–water partition coefficient (Wildman–Crippen LogP) is 5.91. The summed E-state index contributed by atoms with van der Waals surface area (Å²) in [6.45, 7) is 5.89. The number of fused-ring (bicyclic) bond motifs is 2. The van der Waals surface area contributed by atoms with Crippen molar-refractivity contribution in [2.75, 3.05) is 67.9 Å². The fraction of sp³-hybridized carbons (Fsp3) is 0.375. The highest BCUT2D eigenvalue weighted by Gasteiger charge is 2.16. The lowest BCUT2D eigenvalue weighted by Crippen LogP contribution is -2.44. The van der Waals surface area contributed by atoms with Crippen LogP contribution in [0.4, 0.5) is 11.4 Å². The molecular weight excluding hydrogens is 605 g/mol. The fourth-order valence-electron chi connectivity index (χ4n) is 5.63. The molecule has 0 bridgehead atoms. The topological polar surface area (TPSA) is 98.6 Å². The van der Waals surface area contributed by atoms with Crippen molar-refractivity contribution in [3.8, 4) is 11.4 Å². The molecule has 2 aromatic heterocycles. The molecule has 1 aliphatic rings. The van der Waals surface area contributed by atoms with Gasteiger partial charge >= 0.3 is 0 Å². The van der Waals surface area contributed by atoms with E-state index in [2.05, 4.69) is 92.4 Å². The van der Waals surface area contributed by atoms with Crippen LogP contribution in [0.25, 0.3) is 33.5 Å². The molecule has 8 nitrogen and oxygen atoms in total. The third-order valence-electron chi connectivity index (χ3n) is 8.03. The van der Waals surface area contributed by atoms with Crippen LogP contribution >= 0.6 is 35.6 Å². The third-order valence-corrected chi connectivity index (χ3v) is 8.37. The minimum Gasteiger partial charge on any atom is -0.412 e. The maximum Gasteiger partial charge on any atom is 0.138 e. The molecule has 1 saturated heterocycles. The number of H-pyrrole nitrogens is 2. The summed E-state index contributed by atoms with van der Waals surface area (Å²) in [6, 6.07) is 21.6. The van der Waals surface area contributed by atoms with Crippen molar-refractivity contribution in [2.45, 2.75) is 19.3 Å². The number of aromatic amines is 2. The summed E-state index contributed by atoms with van der Waals surface area (Å²) >= 11 is 11.9. The molecule has 230 valence electrons. The van der Waals surface area contributed by atoms with E-state index in [-0.39, 0.29) is 17.9 Å². The van der Waals surface area contributed by atoms with E-state index in [0.717, 1.165) is 97.8 Å². The maximum absolute atomic E-state index is 5.96. The molecule has 6 rings (SSSR count). The van der Waals surface area contributed by atoms with Crippen molar-refractivity contribution < 1.29 is 5.48 Å². The lowest BCUT2D eigenvalue weighted by molar-refractivity contribution is 0.313. The minimum absolute atomic E-state index is 0. The molecule has 43 heavy (non-hydrogen) atoms. The Balaban J connectivity index is 0.00000212. The molecule has 1 fully saturated rings. The lowest BCUT2D eigenvalue weighted by Gasteiger charge is -2.34. The zero-order valence-corrected chi connectivity index (χ0v) is 26.8. The van der Waals surface area contributed by atoms with E-state index in [4.69, 9.17) is 33.2 Å². The Hall–Kier alpha value is -3.01. The van der Waals surface area contributed by atoms with E-state index in [1.807, 2.05) is 0 Å². The number of imidazole rings is 2. The van der Waals surface area contributed by atoms with E-state index in [9.17, 15) is 0 Å². The molecule has 0 saturated carbocycles. The second-order valence-corrected chi connectivity index (χ2v) is 11.6. The van der Waals surface area contributed by atoms with Gasteiger partial charge in [0.1, 0.15) is 11.6 Å². The first-order valence-electron chi connectivity index (χ1n) is 14.5. The molecular formula is C32H40Cl3N7O. The number of nitrogens with zero attached hydrogens (tertiary/aromatic N) is 5. The summed E-state index contributed by atoms with van der Waals surface area (Å²) in [5.41, 5.74) is 8.89. The molecule has 11 heteroatoms. The van der Waals surface area contributed by atoms with Gasteiger partial charge in [0.25, 0.3) is 0 Å². The number of likely N-dealkylation sites (N-methyl/N-ethyl adjacent to an activating group) is 1. The normalized spacial score (nSPS) is 13.7. The summed E-state index contributed by atoms with van der Waals surface area (Å²) in [6.07, 6.45) is 2.93. The number of aryl methyl sites for hydroxylation is 2. The van der Waals surface area contributed by atoms with E-state index in [1.54, 1.807) is 0 Å². The number of benzene rings is 3. The Morgan fingerprint density at radius 2 is 1.47 bits per heavy atom. The van der Waals surface area contributed by atoms with Gasteiger partial charge in [0.05, 0.1) is 22.1 Å². The number of anilines is 2. The van der Waals surface area contributed by atoms with Crippen LogP contribution in [0, 0.1) is 0 Å². The van der Waals surface area contributed by atoms with Crippen LogP contribution in [0.15, 0.2) is 60.7 Å². The monoisotopic (exact) mass is 643 g/mol. The Labute approximate surface area is 269 Å². The largest absolute Gasteiger partial charge is 0.412 e. The summed E-state index contributed by atoms with van der Waals surface area (Å²) in [5, 5.41) is 0. The molecule has 3 heterocycles.